The van der Waals surface area contributed by atoms with Crippen molar-refractivity contribution in [2.45, 2.75) is 20.8 Å². The SMILES string of the molecule is Cc1cc(C#N)c(P(=O)(O)O)c(C)c1C. The van der Waals surface area contributed by atoms with E-state index in [4.69, 9.17) is 15.0 Å². The van der Waals surface area contributed by atoms with Gasteiger partial charge < -0.3 is 9.79 Å². The van der Waals surface area contributed by atoms with Crippen LogP contribution in [0, 0.1) is 32.1 Å². The molecule has 0 radical (unpaired) electrons. The molecule has 0 amide bonds. The lowest BCUT2D eigenvalue weighted by Gasteiger charge is -2.14. The van der Waals surface area contributed by atoms with Gasteiger partial charge in [0.15, 0.2) is 0 Å². The maximum Gasteiger partial charge on any atom is 0.357 e. The highest BCUT2D eigenvalue weighted by Crippen LogP contribution is 2.37. The molecule has 0 unspecified atom stereocenters. The zero-order chi connectivity index (χ0) is 11.8. The predicted molar refractivity (Wildman–Crippen MR) is 57.0 cm³/mol. The van der Waals surface area contributed by atoms with Gasteiger partial charge in [-0.2, -0.15) is 5.26 Å². The number of nitriles is 1. The first-order valence-electron chi connectivity index (χ1n) is 4.36. The van der Waals surface area contributed by atoms with Crippen molar-refractivity contribution < 1.29 is 14.4 Å². The molecule has 15 heavy (non-hydrogen) atoms. The monoisotopic (exact) mass is 225 g/mol. The Kier molecular flexibility index (Phi) is 3.01. The van der Waals surface area contributed by atoms with E-state index in [1.807, 2.05) is 13.0 Å². The fourth-order valence-electron chi connectivity index (χ4n) is 1.53. The molecular formula is C10H12NO3P. The number of hydrogen-bond donors (Lipinski definition) is 2. The Bertz CT molecular complexity index is 496. The molecule has 0 saturated carbocycles. The molecule has 0 aliphatic rings. The summed E-state index contributed by atoms with van der Waals surface area (Å²) in [5.74, 6) is 0. The van der Waals surface area contributed by atoms with Gasteiger partial charge in [-0.05, 0) is 43.5 Å². The molecule has 0 aromatic heterocycles. The Labute approximate surface area is 88.3 Å². The minimum Gasteiger partial charge on any atom is -0.321 e. The van der Waals surface area contributed by atoms with Gasteiger partial charge in [-0.3, -0.25) is 4.57 Å². The summed E-state index contributed by atoms with van der Waals surface area (Å²) in [6.07, 6.45) is 0. The van der Waals surface area contributed by atoms with Gasteiger partial charge in [-0.25, -0.2) is 0 Å². The highest BCUT2D eigenvalue weighted by Gasteiger charge is 2.25. The molecule has 0 spiro atoms. The van der Waals surface area contributed by atoms with E-state index < -0.39 is 7.60 Å². The maximum atomic E-state index is 11.2. The summed E-state index contributed by atoms with van der Waals surface area (Å²) in [5.41, 5.74) is 2.23. The summed E-state index contributed by atoms with van der Waals surface area (Å²) < 4.78 is 11.2. The van der Waals surface area contributed by atoms with Crippen LogP contribution in [0.1, 0.15) is 22.3 Å². The van der Waals surface area contributed by atoms with Crippen LogP contribution in [0.4, 0.5) is 0 Å². The molecule has 0 fully saturated rings. The third-order valence-electron chi connectivity index (χ3n) is 2.54. The largest absolute Gasteiger partial charge is 0.357 e. The van der Waals surface area contributed by atoms with Gasteiger partial charge >= 0.3 is 7.60 Å². The zero-order valence-electron chi connectivity index (χ0n) is 8.77. The van der Waals surface area contributed by atoms with Crippen LogP contribution in [0.15, 0.2) is 6.07 Å². The molecule has 0 bridgehead atoms. The van der Waals surface area contributed by atoms with Crippen molar-refractivity contribution in [1.29, 1.82) is 5.26 Å². The molecule has 80 valence electrons. The van der Waals surface area contributed by atoms with Crippen molar-refractivity contribution in [2.75, 3.05) is 0 Å². The van der Waals surface area contributed by atoms with Crippen LogP contribution in [-0.2, 0) is 4.57 Å². The molecule has 1 aromatic rings. The molecule has 2 N–H and O–H groups in total. The fraction of sp³-hybridized carbons (Fsp3) is 0.300. The Hall–Kier alpha value is -1.14. The first-order valence-corrected chi connectivity index (χ1v) is 5.97. The highest BCUT2D eigenvalue weighted by atomic mass is 31.2. The molecule has 1 aromatic carbocycles. The summed E-state index contributed by atoms with van der Waals surface area (Å²) in [7, 11) is -4.38. The van der Waals surface area contributed by atoms with Crippen LogP contribution in [0.2, 0.25) is 0 Å². The van der Waals surface area contributed by atoms with E-state index in [-0.39, 0.29) is 10.9 Å². The van der Waals surface area contributed by atoms with E-state index in [9.17, 15) is 4.57 Å². The van der Waals surface area contributed by atoms with Crippen LogP contribution in [0.3, 0.4) is 0 Å². The molecular weight excluding hydrogens is 213 g/mol. The average molecular weight is 225 g/mol. The predicted octanol–water partition coefficient (Wildman–Crippen LogP) is 1.29. The zero-order valence-corrected chi connectivity index (χ0v) is 9.67. The van der Waals surface area contributed by atoms with E-state index >= 15 is 0 Å². The normalized spacial score (nSPS) is 11.2. The van der Waals surface area contributed by atoms with Crippen LogP contribution >= 0.6 is 7.60 Å². The Morgan fingerprint density at radius 3 is 2.20 bits per heavy atom. The summed E-state index contributed by atoms with van der Waals surface area (Å²) in [5, 5.41) is 8.68. The Morgan fingerprint density at radius 2 is 1.80 bits per heavy atom. The van der Waals surface area contributed by atoms with Gasteiger partial charge in [0.25, 0.3) is 0 Å². The van der Waals surface area contributed by atoms with Gasteiger partial charge in [-0.1, -0.05) is 0 Å². The number of aryl methyl sites for hydroxylation is 1. The van der Waals surface area contributed by atoms with E-state index in [1.54, 1.807) is 13.8 Å². The molecule has 1 rings (SSSR count). The molecule has 0 aliphatic carbocycles. The van der Waals surface area contributed by atoms with Crippen molar-refractivity contribution in [3.8, 4) is 6.07 Å². The van der Waals surface area contributed by atoms with Crippen molar-refractivity contribution in [2.24, 2.45) is 0 Å². The fourth-order valence-corrected chi connectivity index (χ4v) is 2.56. The van der Waals surface area contributed by atoms with Gasteiger partial charge in [0.2, 0.25) is 0 Å². The first-order chi connectivity index (χ1) is 6.79. The summed E-state index contributed by atoms with van der Waals surface area (Å²) in [6.45, 7) is 5.22. The molecule has 0 saturated heterocycles. The number of nitrogens with zero attached hydrogens (tertiary/aromatic N) is 1. The molecule has 0 atom stereocenters. The van der Waals surface area contributed by atoms with Crippen LogP contribution in [0.5, 0.6) is 0 Å². The standard InChI is InChI=1S/C10H12NO3P/c1-6-4-9(5-11)10(15(12,13)14)8(3)7(6)2/h4H,1-3H3,(H2,12,13,14). The molecule has 0 heterocycles. The Balaban J connectivity index is 3.73. The quantitative estimate of drug-likeness (QED) is 0.705. The minimum absolute atomic E-state index is 0.0592. The van der Waals surface area contributed by atoms with Gasteiger partial charge in [0, 0.05) is 0 Å². The summed E-state index contributed by atoms with van der Waals surface area (Å²) in [4.78, 5) is 18.3. The average Bonchev–Trinajstić information content (AvgIpc) is 2.11. The van der Waals surface area contributed by atoms with Gasteiger partial charge in [-0.15, -0.1) is 0 Å². The maximum absolute atomic E-state index is 11.2. The second-order valence-electron chi connectivity index (χ2n) is 3.50. The Morgan fingerprint density at radius 1 is 1.27 bits per heavy atom. The minimum atomic E-state index is -4.38. The summed E-state index contributed by atoms with van der Waals surface area (Å²) >= 11 is 0. The first kappa shape index (κ1) is 11.9. The molecule has 5 heteroatoms. The van der Waals surface area contributed by atoms with E-state index in [0.717, 1.165) is 11.1 Å². The van der Waals surface area contributed by atoms with Crippen LogP contribution < -0.4 is 5.30 Å². The smallest absolute Gasteiger partial charge is 0.321 e. The topological polar surface area (TPSA) is 81.3 Å². The van der Waals surface area contributed by atoms with Crippen LogP contribution in [-0.4, -0.2) is 9.79 Å². The second-order valence-corrected chi connectivity index (χ2v) is 5.03. The van der Waals surface area contributed by atoms with Crippen molar-refractivity contribution >= 4 is 12.9 Å². The van der Waals surface area contributed by atoms with Crippen molar-refractivity contribution in [3.63, 3.8) is 0 Å². The van der Waals surface area contributed by atoms with Crippen LogP contribution in [0.25, 0.3) is 0 Å². The van der Waals surface area contributed by atoms with E-state index in [2.05, 4.69) is 0 Å². The van der Waals surface area contributed by atoms with Gasteiger partial charge in [0.05, 0.1) is 10.9 Å². The lowest BCUT2D eigenvalue weighted by molar-refractivity contribution is 0.387. The third-order valence-corrected chi connectivity index (χ3v) is 3.70. The number of hydrogen-bond acceptors (Lipinski definition) is 2. The van der Waals surface area contributed by atoms with Gasteiger partial charge in [0.1, 0.15) is 6.07 Å². The lowest BCUT2D eigenvalue weighted by Crippen LogP contribution is -2.15. The summed E-state index contributed by atoms with van der Waals surface area (Å²) in [6, 6.07) is 3.33. The van der Waals surface area contributed by atoms with E-state index in [1.165, 1.54) is 6.07 Å². The second kappa shape index (κ2) is 3.79. The van der Waals surface area contributed by atoms with Crippen molar-refractivity contribution in [3.05, 3.63) is 28.3 Å². The number of benzene rings is 1. The van der Waals surface area contributed by atoms with Crippen molar-refractivity contribution in [1.82, 2.24) is 0 Å². The third kappa shape index (κ3) is 2.10. The lowest BCUT2D eigenvalue weighted by atomic mass is 10.0. The highest BCUT2D eigenvalue weighted by molar-refractivity contribution is 7.60. The molecule has 0 aliphatic heterocycles. The number of rotatable bonds is 1. The van der Waals surface area contributed by atoms with E-state index in [0.29, 0.717) is 5.56 Å². The molecule has 4 nitrogen and oxygen atoms in total.